The Morgan fingerprint density at radius 2 is 1.95 bits per heavy atom. The Morgan fingerprint density at radius 3 is 2.74 bits per heavy atom. The summed E-state index contributed by atoms with van der Waals surface area (Å²) in [5.74, 6) is -0.112. The van der Waals surface area contributed by atoms with Crippen LogP contribution in [-0.2, 0) is 0 Å². The fourth-order valence-electron chi connectivity index (χ4n) is 1.84. The van der Waals surface area contributed by atoms with Crippen LogP contribution in [0.3, 0.4) is 0 Å². The molecule has 3 nitrogen and oxygen atoms in total. The topological polar surface area (TPSA) is 42.0 Å². The van der Waals surface area contributed by atoms with E-state index in [2.05, 4.69) is 10.3 Å². The van der Waals surface area contributed by atoms with Gasteiger partial charge in [0.15, 0.2) is 0 Å². The SMILES string of the molecule is Cc1ccc(NC(=O)c2ccc3scnc3c2)cc1. The van der Waals surface area contributed by atoms with Crippen molar-refractivity contribution in [2.24, 2.45) is 0 Å². The number of hydrogen-bond acceptors (Lipinski definition) is 3. The van der Waals surface area contributed by atoms with Gasteiger partial charge in [0.25, 0.3) is 5.91 Å². The van der Waals surface area contributed by atoms with Crippen molar-refractivity contribution in [2.45, 2.75) is 6.92 Å². The molecule has 1 aromatic heterocycles. The molecule has 0 atom stereocenters. The second-order valence-electron chi connectivity index (χ2n) is 4.36. The van der Waals surface area contributed by atoms with Gasteiger partial charge < -0.3 is 5.32 Å². The van der Waals surface area contributed by atoms with E-state index in [0.29, 0.717) is 5.56 Å². The van der Waals surface area contributed by atoms with Crippen LogP contribution in [0.1, 0.15) is 15.9 Å². The van der Waals surface area contributed by atoms with Crippen LogP contribution >= 0.6 is 11.3 Å². The maximum Gasteiger partial charge on any atom is 0.255 e. The molecule has 0 saturated heterocycles. The fraction of sp³-hybridized carbons (Fsp3) is 0.0667. The molecule has 0 bridgehead atoms. The lowest BCUT2D eigenvalue weighted by Gasteiger charge is -2.05. The third kappa shape index (κ3) is 2.48. The number of nitrogens with zero attached hydrogens (tertiary/aromatic N) is 1. The lowest BCUT2D eigenvalue weighted by atomic mass is 10.2. The molecule has 3 rings (SSSR count). The minimum atomic E-state index is -0.112. The van der Waals surface area contributed by atoms with Crippen LogP contribution in [0.4, 0.5) is 5.69 Å². The van der Waals surface area contributed by atoms with Crippen molar-refractivity contribution in [1.82, 2.24) is 4.98 Å². The molecule has 0 aliphatic heterocycles. The molecular formula is C15H12N2OS. The number of aromatic nitrogens is 1. The molecule has 94 valence electrons. The Kier molecular flexibility index (Phi) is 3.01. The predicted octanol–water partition coefficient (Wildman–Crippen LogP) is 3.86. The Balaban J connectivity index is 1.84. The molecule has 0 unspecified atom stereocenters. The Hall–Kier alpha value is -2.20. The summed E-state index contributed by atoms with van der Waals surface area (Å²) < 4.78 is 1.09. The van der Waals surface area contributed by atoms with Crippen LogP contribution in [0, 0.1) is 6.92 Å². The number of nitrogens with one attached hydrogen (secondary N) is 1. The van der Waals surface area contributed by atoms with Gasteiger partial charge in [0.05, 0.1) is 15.7 Å². The van der Waals surface area contributed by atoms with Gasteiger partial charge in [-0.3, -0.25) is 4.79 Å². The predicted molar refractivity (Wildman–Crippen MR) is 78.8 cm³/mol. The molecule has 4 heteroatoms. The van der Waals surface area contributed by atoms with Gasteiger partial charge in [-0.15, -0.1) is 11.3 Å². The summed E-state index contributed by atoms with van der Waals surface area (Å²) in [5.41, 5.74) is 5.24. The Labute approximate surface area is 114 Å². The van der Waals surface area contributed by atoms with E-state index in [-0.39, 0.29) is 5.91 Å². The van der Waals surface area contributed by atoms with Crippen LogP contribution in [-0.4, -0.2) is 10.9 Å². The minimum absolute atomic E-state index is 0.112. The third-order valence-electron chi connectivity index (χ3n) is 2.90. The number of rotatable bonds is 2. The van der Waals surface area contributed by atoms with Crippen molar-refractivity contribution >= 4 is 33.1 Å². The van der Waals surface area contributed by atoms with Crippen LogP contribution in [0.25, 0.3) is 10.2 Å². The quantitative estimate of drug-likeness (QED) is 0.767. The van der Waals surface area contributed by atoms with Crippen LogP contribution in [0.15, 0.2) is 48.0 Å². The van der Waals surface area contributed by atoms with Crippen molar-refractivity contribution in [3.05, 3.63) is 59.1 Å². The standard InChI is InChI=1S/C15H12N2OS/c1-10-2-5-12(6-3-10)17-15(18)11-4-7-14-13(8-11)16-9-19-14/h2-9H,1H3,(H,17,18). The number of aryl methyl sites for hydroxylation is 1. The summed E-state index contributed by atoms with van der Waals surface area (Å²) in [6, 6.07) is 13.3. The summed E-state index contributed by atoms with van der Waals surface area (Å²) in [6.07, 6.45) is 0. The van der Waals surface area contributed by atoms with Crippen molar-refractivity contribution in [3.8, 4) is 0 Å². The van der Waals surface area contributed by atoms with E-state index in [0.717, 1.165) is 15.9 Å². The molecule has 0 saturated carbocycles. The third-order valence-corrected chi connectivity index (χ3v) is 3.71. The van der Waals surface area contributed by atoms with Crippen LogP contribution in [0.2, 0.25) is 0 Å². The molecule has 0 aliphatic carbocycles. The zero-order valence-electron chi connectivity index (χ0n) is 10.4. The zero-order valence-corrected chi connectivity index (χ0v) is 11.2. The summed E-state index contributed by atoms with van der Waals surface area (Å²) in [4.78, 5) is 16.3. The Bertz CT molecular complexity index is 731. The van der Waals surface area contributed by atoms with E-state index < -0.39 is 0 Å². The molecule has 0 spiro atoms. The van der Waals surface area contributed by atoms with Gasteiger partial charge in [-0.1, -0.05) is 17.7 Å². The highest BCUT2D eigenvalue weighted by Crippen LogP contribution is 2.19. The summed E-state index contributed by atoms with van der Waals surface area (Å²) in [7, 11) is 0. The lowest BCUT2D eigenvalue weighted by Crippen LogP contribution is -2.11. The highest BCUT2D eigenvalue weighted by atomic mass is 32.1. The monoisotopic (exact) mass is 268 g/mol. The molecule has 19 heavy (non-hydrogen) atoms. The molecule has 1 N–H and O–H groups in total. The number of carbonyl (C=O) groups is 1. The lowest BCUT2D eigenvalue weighted by molar-refractivity contribution is 0.102. The van der Waals surface area contributed by atoms with Gasteiger partial charge in [-0.25, -0.2) is 4.98 Å². The average Bonchev–Trinajstić information content (AvgIpc) is 2.88. The van der Waals surface area contributed by atoms with Gasteiger partial charge in [-0.2, -0.15) is 0 Å². The van der Waals surface area contributed by atoms with Gasteiger partial charge in [0, 0.05) is 11.3 Å². The molecular weight excluding hydrogens is 256 g/mol. The molecule has 2 aromatic carbocycles. The van der Waals surface area contributed by atoms with Gasteiger partial charge in [-0.05, 0) is 37.3 Å². The van der Waals surface area contributed by atoms with E-state index in [1.165, 1.54) is 5.56 Å². The number of fused-ring (bicyclic) bond motifs is 1. The first kappa shape index (κ1) is 11.9. The molecule has 1 heterocycles. The molecule has 1 amide bonds. The smallest absolute Gasteiger partial charge is 0.255 e. The average molecular weight is 268 g/mol. The van der Waals surface area contributed by atoms with Gasteiger partial charge >= 0.3 is 0 Å². The van der Waals surface area contributed by atoms with Gasteiger partial charge in [0.2, 0.25) is 0 Å². The summed E-state index contributed by atoms with van der Waals surface area (Å²) in [6.45, 7) is 2.02. The van der Waals surface area contributed by atoms with E-state index >= 15 is 0 Å². The van der Waals surface area contributed by atoms with Crippen molar-refractivity contribution in [2.75, 3.05) is 5.32 Å². The van der Waals surface area contributed by atoms with E-state index in [1.807, 2.05) is 49.4 Å². The van der Waals surface area contributed by atoms with Crippen molar-refractivity contribution < 1.29 is 4.79 Å². The number of carbonyl (C=O) groups excluding carboxylic acids is 1. The Morgan fingerprint density at radius 1 is 1.16 bits per heavy atom. The maximum absolute atomic E-state index is 12.1. The van der Waals surface area contributed by atoms with Crippen LogP contribution in [0.5, 0.6) is 0 Å². The zero-order chi connectivity index (χ0) is 13.2. The van der Waals surface area contributed by atoms with E-state index in [9.17, 15) is 4.79 Å². The first-order chi connectivity index (χ1) is 9.22. The van der Waals surface area contributed by atoms with Crippen LogP contribution < -0.4 is 5.32 Å². The normalized spacial score (nSPS) is 10.6. The van der Waals surface area contributed by atoms with E-state index in [4.69, 9.17) is 0 Å². The minimum Gasteiger partial charge on any atom is -0.322 e. The number of amides is 1. The molecule has 3 aromatic rings. The number of hydrogen-bond donors (Lipinski definition) is 1. The highest BCUT2D eigenvalue weighted by molar-refractivity contribution is 7.16. The second kappa shape index (κ2) is 4.82. The van der Waals surface area contributed by atoms with Crippen molar-refractivity contribution in [3.63, 3.8) is 0 Å². The molecule has 0 fully saturated rings. The summed E-state index contributed by atoms with van der Waals surface area (Å²) >= 11 is 1.57. The maximum atomic E-state index is 12.1. The first-order valence-corrected chi connectivity index (χ1v) is 6.81. The van der Waals surface area contributed by atoms with E-state index in [1.54, 1.807) is 16.8 Å². The molecule has 0 radical (unpaired) electrons. The molecule has 0 aliphatic rings. The fourth-order valence-corrected chi connectivity index (χ4v) is 2.50. The highest BCUT2D eigenvalue weighted by Gasteiger charge is 2.07. The number of benzene rings is 2. The van der Waals surface area contributed by atoms with Gasteiger partial charge in [0.1, 0.15) is 0 Å². The number of anilines is 1. The second-order valence-corrected chi connectivity index (χ2v) is 5.24. The number of thiazole rings is 1. The first-order valence-electron chi connectivity index (χ1n) is 5.94. The largest absolute Gasteiger partial charge is 0.322 e. The summed E-state index contributed by atoms with van der Waals surface area (Å²) in [5, 5.41) is 2.88. The van der Waals surface area contributed by atoms with Crippen molar-refractivity contribution in [1.29, 1.82) is 0 Å².